The number of aliphatic hydroxyl groups is 1. The highest BCUT2D eigenvalue weighted by Gasteiger charge is 2.53. The van der Waals surface area contributed by atoms with E-state index in [9.17, 15) is 14.7 Å². The molecule has 1 saturated carbocycles. The number of likely N-dealkylation sites (tertiary alicyclic amines) is 2. The van der Waals surface area contributed by atoms with Crippen molar-refractivity contribution in [2.75, 3.05) is 13.1 Å². The molecule has 5 heteroatoms. The Bertz CT molecular complexity index is 684. The number of piperidine rings is 1. The first kappa shape index (κ1) is 18.5. The molecule has 5 nitrogen and oxygen atoms in total. The zero-order valence-electron chi connectivity index (χ0n) is 16.0. The molecular formula is C22H30N2O3. The number of benzene rings is 1. The summed E-state index contributed by atoms with van der Waals surface area (Å²) < 4.78 is 0. The van der Waals surface area contributed by atoms with Crippen LogP contribution in [0.25, 0.3) is 0 Å². The van der Waals surface area contributed by atoms with Gasteiger partial charge in [0, 0.05) is 25.6 Å². The van der Waals surface area contributed by atoms with E-state index in [0.717, 1.165) is 50.6 Å². The lowest BCUT2D eigenvalue weighted by molar-refractivity contribution is -0.158. The predicted molar refractivity (Wildman–Crippen MR) is 103 cm³/mol. The maximum Gasteiger partial charge on any atom is 0.248 e. The van der Waals surface area contributed by atoms with Gasteiger partial charge in [-0.15, -0.1) is 0 Å². The molecule has 0 bridgehead atoms. The van der Waals surface area contributed by atoms with Gasteiger partial charge >= 0.3 is 0 Å². The van der Waals surface area contributed by atoms with Gasteiger partial charge in [0.2, 0.25) is 11.8 Å². The van der Waals surface area contributed by atoms with Crippen LogP contribution in [-0.2, 0) is 16.1 Å². The normalized spacial score (nSPS) is 31.5. The number of carbonyl (C=O) groups excluding carboxylic acids is 2. The van der Waals surface area contributed by atoms with E-state index in [1.54, 1.807) is 0 Å². The van der Waals surface area contributed by atoms with E-state index < -0.39 is 5.54 Å². The Labute approximate surface area is 161 Å². The van der Waals surface area contributed by atoms with Crippen molar-refractivity contribution in [3.63, 3.8) is 0 Å². The van der Waals surface area contributed by atoms with E-state index in [1.807, 2.05) is 28.0 Å². The molecular weight excluding hydrogens is 340 g/mol. The molecule has 1 spiro atoms. The number of rotatable bonds is 3. The molecule has 1 aromatic rings. The Hall–Kier alpha value is -1.88. The molecule has 27 heavy (non-hydrogen) atoms. The van der Waals surface area contributed by atoms with Crippen molar-refractivity contribution in [3.05, 3.63) is 35.9 Å². The zero-order valence-corrected chi connectivity index (χ0v) is 16.0. The largest absolute Gasteiger partial charge is 0.393 e. The Balaban J connectivity index is 1.51. The second-order valence-corrected chi connectivity index (χ2v) is 8.45. The molecule has 3 fully saturated rings. The fourth-order valence-electron chi connectivity index (χ4n) is 5.25. The van der Waals surface area contributed by atoms with Crippen molar-refractivity contribution in [1.29, 1.82) is 0 Å². The number of hydrogen-bond acceptors (Lipinski definition) is 3. The number of amides is 2. The number of carbonyl (C=O) groups is 2. The Morgan fingerprint density at radius 2 is 1.70 bits per heavy atom. The highest BCUT2D eigenvalue weighted by molar-refractivity contribution is 5.93. The molecule has 1 N–H and O–H groups in total. The molecule has 0 aromatic heterocycles. The van der Waals surface area contributed by atoms with Crippen LogP contribution in [0.2, 0.25) is 0 Å². The maximum absolute atomic E-state index is 13.5. The molecule has 1 aliphatic carbocycles. The van der Waals surface area contributed by atoms with E-state index in [1.165, 1.54) is 0 Å². The van der Waals surface area contributed by atoms with E-state index >= 15 is 0 Å². The SMILES string of the molecule is O=C(C1CCC(O)CC1)N1CCCC12CCCN(Cc1ccccc1)C2=O. The van der Waals surface area contributed by atoms with Crippen LogP contribution in [0.4, 0.5) is 0 Å². The molecule has 2 amide bonds. The van der Waals surface area contributed by atoms with Crippen LogP contribution in [0, 0.1) is 5.92 Å². The molecule has 2 heterocycles. The summed E-state index contributed by atoms with van der Waals surface area (Å²) >= 11 is 0. The van der Waals surface area contributed by atoms with E-state index in [-0.39, 0.29) is 23.8 Å². The van der Waals surface area contributed by atoms with Gasteiger partial charge in [0.15, 0.2) is 0 Å². The van der Waals surface area contributed by atoms with Gasteiger partial charge in [-0.3, -0.25) is 9.59 Å². The second-order valence-electron chi connectivity index (χ2n) is 8.45. The van der Waals surface area contributed by atoms with Crippen molar-refractivity contribution >= 4 is 11.8 Å². The fourth-order valence-corrected chi connectivity index (χ4v) is 5.25. The Morgan fingerprint density at radius 3 is 2.41 bits per heavy atom. The smallest absolute Gasteiger partial charge is 0.248 e. The van der Waals surface area contributed by atoms with E-state index in [0.29, 0.717) is 25.9 Å². The predicted octanol–water partition coefficient (Wildman–Crippen LogP) is 2.72. The Morgan fingerprint density at radius 1 is 1.04 bits per heavy atom. The van der Waals surface area contributed by atoms with Crippen molar-refractivity contribution in [1.82, 2.24) is 9.80 Å². The molecule has 146 valence electrons. The van der Waals surface area contributed by atoms with Crippen LogP contribution in [-0.4, -0.2) is 51.5 Å². The Kier molecular flexibility index (Phi) is 5.22. The highest BCUT2D eigenvalue weighted by Crippen LogP contribution is 2.41. The summed E-state index contributed by atoms with van der Waals surface area (Å²) in [4.78, 5) is 30.6. The summed E-state index contributed by atoms with van der Waals surface area (Å²) in [5, 5.41) is 9.75. The van der Waals surface area contributed by atoms with E-state index in [2.05, 4.69) is 12.1 Å². The molecule has 2 aliphatic heterocycles. The molecule has 1 unspecified atom stereocenters. The van der Waals surface area contributed by atoms with Crippen molar-refractivity contribution in [2.45, 2.75) is 69.6 Å². The van der Waals surface area contributed by atoms with Gasteiger partial charge in [-0.1, -0.05) is 30.3 Å². The van der Waals surface area contributed by atoms with Gasteiger partial charge < -0.3 is 14.9 Å². The molecule has 2 saturated heterocycles. The van der Waals surface area contributed by atoms with Gasteiger partial charge in [-0.2, -0.15) is 0 Å². The summed E-state index contributed by atoms with van der Waals surface area (Å²) in [5.74, 6) is 0.259. The molecule has 1 aromatic carbocycles. The molecule has 1 atom stereocenters. The standard InChI is InChI=1S/C22H30N2O3/c25-19-10-8-18(9-11-19)20(26)24-15-5-13-22(24)12-4-14-23(21(22)27)16-17-6-2-1-3-7-17/h1-3,6-7,18-19,25H,4-5,8-16H2. The number of aliphatic hydroxyl groups excluding tert-OH is 1. The third kappa shape index (κ3) is 3.49. The lowest BCUT2D eigenvalue weighted by atomic mass is 9.82. The summed E-state index contributed by atoms with van der Waals surface area (Å²) in [7, 11) is 0. The minimum atomic E-state index is -0.625. The van der Waals surface area contributed by atoms with E-state index in [4.69, 9.17) is 0 Å². The minimum absolute atomic E-state index is 0.0272. The van der Waals surface area contributed by atoms with Gasteiger partial charge in [0.25, 0.3) is 0 Å². The van der Waals surface area contributed by atoms with Crippen LogP contribution in [0.1, 0.15) is 56.9 Å². The summed E-state index contributed by atoms with van der Waals surface area (Å²) in [6.07, 6.45) is 6.06. The summed E-state index contributed by atoms with van der Waals surface area (Å²) in [6, 6.07) is 10.1. The average molecular weight is 370 g/mol. The summed E-state index contributed by atoms with van der Waals surface area (Å²) in [6.45, 7) is 2.09. The fraction of sp³-hybridized carbons (Fsp3) is 0.636. The monoisotopic (exact) mass is 370 g/mol. The maximum atomic E-state index is 13.5. The van der Waals surface area contributed by atoms with Gasteiger partial charge in [-0.25, -0.2) is 0 Å². The van der Waals surface area contributed by atoms with Crippen molar-refractivity contribution < 1.29 is 14.7 Å². The summed E-state index contributed by atoms with van der Waals surface area (Å²) in [5.41, 5.74) is 0.514. The average Bonchev–Trinajstić information content (AvgIpc) is 3.11. The molecule has 4 rings (SSSR count). The third-order valence-electron chi connectivity index (χ3n) is 6.72. The van der Waals surface area contributed by atoms with Crippen LogP contribution in [0.5, 0.6) is 0 Å². The third-order valence-corrected chi connectivity index (χ3v) is 6.72. The van der Waals surface area contributed by atoms with Gasteiger partial charge in [0.05, 0.1) is 6.10 Å². The first-order chi connectivity index (χ1) is 13.1. The van der Waals surface area contributed by atoms with Gasteiger partial charge in [0.1, 0.15) is 5.54 Å². The first-order valence-corrected chi connectivity index (χ1v) is 10.4. The van der Waals surface area contributed by atoms with Gasteiger partial charge in [-0.05, 0) is 56.9 Å². The van der Waals surface area contributed by atoms with Crippen molar-refractivity contribution in [2.24, 2.45) is 5.92 Å². The topological polar surface area (TPSA) is 60.9 Å². The zero-order chi connectivity index (χ0) is 18.9. The van der Waals surface area contributed by atoms with Crippen LogP contribution < -0.4 is 0 Å². The molecule has 0 radical (unpaired) electrons. The quantitative estimate of drug-likeness (QED) is 0.890. The van der Waals surface area contributed by atoms with Crippen molar-refractivity contribution in [3.8, 4) is 0 Å². The lowest BCUT2D eigenvalue weighted by Crippen LogP contribution is -2.62. The highest BCUT2D eigenvalue weighted by atomic mass is 16.3. The number of nitrogens with zero attached hydrogens (tertiary/aromatic N) is 2. The second kappa shape index (κ2) is 7.63. The molecule has 3 aliphatic rings. The van der Waals surface area contributed by atoms with Crippen LogP contribution in [0.15, 0.2) is 30.3 Å². The van der Waals surface area contributed by atoms with Crippen LogP contribution >= 0.6 is 0 Å². The van der Waals surface area contributed by atoms with Crippen LogP contribution in [0.3, 0.4) is 0 Å². The lowest BCUT2D eigenvalue weighted by Gasteiger charge is -2.46. The first-order valence-electron chi connectivity index (χ1n) is 10.4. The number of hydrogen-bond donors (Lipinski definition) is 1. The minimum Gasteiger partial charge on any atom is -0.393 e.